The van der Waals surface area contributed by atoms with Gasteiger partial charge in [0.2, 0.25) is 0 Å². The molecular formula is C32H45N9O. The van der Waals surface area contributed by atoms with Crippen LogP contribution in [0.25, 0.3) is 0 Å². The highest BCUT2D eigenvalue weighted by molar-refractivity contribution is 6.06. The lowest BCUT2D eigenvalue weighted by molar-refractivity contribution is 0.250. The Kier molecular flexibility index (Phi) is 9.03. The second-order valence-corrected chi connectivity index (χ2v) is 11.5. The minimum atomic E-state index is -0.219. The molecule has 42 heavy (non-hydrogen) atoms. The van der Waals surface area contributed by atoms with Gasteiger partial charge in [-0.1, -0.05) is 25.1 Å². The molecule has 2 aromatic rings. The number of aryl methyl sites for hydroxylation is 2. The largest absolute Gasteiger partial charge is 0.369 e. The van der Waals surface area contributed by atoms with Crippen molar-refractivity contribution in [2.45, 2.75) is 40.7 Å². The van der Waals surface area contributed by atoms with Crippen molar-refractivity contribution in [3.8, 4) is 0 Å². The molecule has 3 N–H and O–H groups in total. The molecule has 0 unspecified atom stereocenters. The highest BCUT2D eigenvalue weighted by Crippen LogP contribution is 2.29. The van der Waals surface area contributed by atoms with Crippen molar-refractivity contribution in [2.24, 2.45) is 4.99 Å². The van der Waals surface area contributed by atoms with E-state index in [0.29, 0.717) is 19.3 Å². The molecule has 5 rings (SSSR count). The Morgan fingerprint density at radius 3 is 2.36 bits per heavy atom. The standard InChI is InChI=1S/C32H45N9O/c1-7-38-15-17-39(18-16-38)27-11-13-28(14-12-27)41(32(42)36-31-24(4)9-8-10-25(31)5)30-19-29(33-22-37(30)6)35-26-20-34-40(21-26)23(2)3/h8-14,19,21,23,34H,7,15-18,20,22H2,1-6H3,(H,33,35)(H,36,42). The van der Waals surface area contributed by atoms with E-state index in [4.69, 9.17) is 4.99 Å². The molecule has 0 aliphatic carbocycles. The Bertz CT molecular complexity index is 1340. The molecule has 2 aromatic carbocycles. The number of para-hydroxylation sites is 1. The van der Waals surface area contributed by atoms with Gasteiger partial charge in [0, 0.05) is 68.6 Å². The van der Waals surface area contributed by atoms with Crippen LogP contribution in [0.15, 0.2) is 71.3 Å². The number of urea groups is 1. The highest BCUT2D eigenvalue weighted by Gasteiger charge is 2.27. The number of benzene rings is 2. The first kappa shape index (κ1) is 29.5. The number of hydrogen-bond donors (Lipinski definition) is 3. The van der Waals surface area contributed by atoms with E-state index >= 15 is 0 Å². The number of hydrazine groups is 1. The lowest BCUT2D eigenvalue weighted by atomic mass is 10.1. The van der Waals surface area contributed by atoms with Crippen molar-refractivity contribution in [3.05, 3.63) is 77.4 Å². The first-order valence-electron chi connectivity index (χ1n) is 14.9. The van der Waals surface area contributed by atoms with Crippen LogP contribution >= 0.6 is 0 Å². The summed E-state index contributed by atoms with van der Waals surface area (Å²) in [5, 5.41) is 8.75. The Labute approximate surface area is 250 Å². The molecule has 3 heterocycles. The van der Waals surface area contributed by atoms with Crippen molar-refractivity contribution >= 4 is 28.9 Å². The first-order valence-corrected chi connectivity index (χ1v) is 14.9. The normalized spacial score (nSPS) is 17.7. The van der Waals surface area contributed by atoms with Crippen LogP contribution in [0.3, 0.4) is 0 Å². The average Bonchev–Trinajstić information content (AvgIpc) is 3.46. The number of amidine groups is 1. The molecule has 10 nitrogen and oxygen atoms in total. The maximum atomic E-state index is 14.1. The number of carbonyl (C=O) groups excluding carboxylic acids is 1. The van der Waals surface area contributed by atoms with E-state index in [1.165, 1.54) is 5.69 Å². The van der Waals surface area contributed by atoms with Crippen LogP contribution in [-0.4, -0.2) is 85.7 Å². The fraction of sp³-hybridized carbons (Fsp3) is 0.438. The van der Waals surface area contributed by atoms with Crippen molar-refractivity contribution < 1.29 is 4.79 Å². The van der Waals surface area contributed by atoms with E-state index in [9.17, 15) is 4.79 Å². The average molecular weight is 572 g/mol. The van der Waals surface area contributed by atoms with Crippen LogP contribution in [0.2, 0.25) is 0 Å². The van der Waals surface area contributed by atoms with E-state index in [1.54, 1.807) is 4.90 Å². The lowest BCUT2D eigenvalue weighted by Gasteiger charge is -2.36. The molecule has 0 bridgehead atoms. The Hall–Kier alpha value is -4.02. The molecule has 3 aliphatic rings. The molecule has 3 aliphatic heterocycles. The molecule has 1 saturated heterocycles. The smallest absolute Gasteiger partial charge is 0.332 e. The molecule has 0 spiro atoms. The lowest BCUT2D eigenvalue weighted by Crippen LogP contribution is -2.46. The second kappa shape index (κ2) is 12.9. The van der Waals surface area contributed by atoms with Crippen molar-refractivity contribution in [1.82, 2.24) is 25.6 Å². The van der Waals surface area contributed by atoms with E-state index < -0.39 is 0 Å². The zero-order valence-electron chi connectivity index (χ0n) is 25.8. The minimum absolute atomic E-state index is 0.219. The number of anilines is 3. The summed E-state index contributed by atoms with van der Waals surface area (Å²) < 4.78 is 0. The molecule has 0 saturated carbocycles. The van der Waals surface area contributed by atoms with Gasteiger partial charge in [0.1, 0.15) is 18.3 Å². The molecular weight excluding hydrogens is 526 g/mol. The van der Waals surface area contributed by atoms with Crippen molar-refractivity contribution in [2.75, 3.05) is 68.1 Å². The van der Waals surface area contributed by atoms with Crippen molar-refractivity contribution in [3.63, 3.8) is 0 Å². The highest BCUT2D eigenvalue weighted by atomic mass is 16.2. The van der Waals surface area contributed by atoms with Gasteiger partial charge in [-0.05, 0) is 69.6 Å². The van der Waals surface area contributed by atoms with Gasteiger partial charge >= 0.3 is 6.03 Å². The van der Waals surface area contributed by atoms with Gasteiger partial charge in [0.15, 0.2) is 0 Å². The third kappa shape index (κ3) is 6.55. The van der Waals surface area contributed by atoms with Crippen LogP contribution in [0.5, 0.6) is 0 Å². The fourth-order valence-corrected chi connectivity index (χ4v) is 5.51. The molecule has 224 valence electrons. The fourth-order valence-electron chi connectivity index (χ4n) is 5.51. The number of amides is 2. The number of piperazine rings is 1. The number of hydrogen-bond acceptors (Lipinski definition) is 8. The van der Waals surface area contributed by atoms with Crippen LogP contribution in [0, 0.1) is 13.8 Å². The van der Waals surface area contributed by atoms with Crippen LogP contribution < -0.4 is 25.9 Å². The van der Waals surface area contributed by atoms with E-state index in [1.807, 2.05) is 62.2 Å². The van der Waals surface area contributed by atoms with Crippen LogP contribution in [-0.2, 0) is 0 Å². The first-order chi connectivity index (χ1) is 20.2. The van der Waals surface area contributed by atoms with E-state index in [0.717, 1.165) is 72.6 Å². The van der Waals surface area contributed by atoms with Gasteiger partial charge in [-0.3, -0.25) is 0 Å². The van der Waals surface area contributed by atoms with Gasteiger partial charge in [-0.2, -0.15) is 0 Å². The predicted molar refractivity (Wildman–Crippen MR) is 173 cm³/mol. The van der Waals surface area contributed by atoms with Gasteiger partial charge in [0.25, 0.3) is 0 Å². The van der Waals surface area contributed by atoms with Gasteiger partial charge in [-0.25, -0.2) is 20.1 Å². The molecule has 0 atom stereocenters. The summed E-state index contributed by atoms with van der Waals surface area (Å²) in [7, 11) is 1.96. The zero-order valence-corrected chi connectivity index (χ0v) is 25.8. The van der Waals surface area contributed by atoms with Gasteiger partial charge < -0.3 is 30.3 Å². The number of rotatable bonds is 7. The Morgan fingerprint density at radius 1 is 1.05 bits per heavy atom. The number of aliphatic imine (C=N–C) groups is 1. The van der Waals surface area contributed by atoms with E-state index in [2.05, 4.69) is 70.0 Å². The number of nitrogens with one attached hydrogen (secondary N) is 3. The number of likely N-dealkylation sites (N-methyl/N-ethyl adjacent to an activating group) is 1. The summed E-state index contributed by atoms with van der Waals surface area (Å²) in [6, 6.07) is 14.5. The minimum Gasteiger partial charge on any atom is -0.369 e. The van der Waals surface area contributed by atoms with Crippen LogP contribution in [0.1, 0.15) is 31.9 Å². The Morgan fingerprint density at radius 2 is 1.74 bits per heavy atom. The summed E-state index contributed by atoms with van der Waals surface area (Å²) in [6.07, 6.45) is 4.02. The third-order valence-electron chi connectivity index (χ3n) is 8.14. The summed E-state index contributed by atoms with van der Waals surface area (Å²) in [5.41, 5.74) is 9.25. The van der Waals surface area contributed by atoms with Crippen molar-refractivity contribution in [1.29, 1.82) is 0 Å². The van der Waals surface area contributed by atoms with Gasteiger partial charge in [0.05, 0.1) is 12.2 Å². The van der Waals surface area contributed by atoms with Crippen LogP contribution in [0.4, 0.5) is 21.9 Å². The molecule has 0 radical (unpaired) electrons. The summed E-state index contributed by atoms with van der Waals surface area (Å²) in [4.78, 5) is 27.5. The molecule has 0 aromatic heterocycles. The SMILES string of the molecule is CCN1CCN(c2ccc(N(C(=O)Nc3c(C)cccc3C)C3=CC(NC4=CN(C(C)C)NC4)=NCN3C)cc2)CC1. The zero-order chi connectivity index (χ0) is 29.8. The monoisotopic (exact) mass is 571 g/mol. The summed E-state index contributed by atoms with van der Waals surface area (Å²) >= 11 is 0. The molecule has 2 amide bonds. The maximum Gasteiger partial charge on any atom is 0.332 e. The molecule has 1 fully saturated rings. The topological polar surface area (TPSA) is 81.7 Å². The van der Waals surface area contributed by atoms with E-state index in [-0.39, 0.29) is 6.03 Å². The summed E-state index contributed by atoms with van der Waals surface area (Å²) in [6.45, 7) is 16.9. The van der Waals surface area contributed by atoms with Gasteiger partial charge in [-0.15, -0.1) is 0 Å². The number of carbonyl (C=O) groups is 1. The summed E-state index contributed by atoms with van der Waals surface area (Å²) in [5.74, 6) is 1.46. The quantitative estimate of drug-likeness (QED) is 0.458. The predicted octanol–water partition coefficient (Wildman–Crippen LogP) is 4.29. The molecule has 10 heteroatoms. The maximum absolute atomic E-state index is 14.1. The second-order valence-electron chi connectivity index (χ2n) is 11.5. The number of nitrogens with zero attached hydrogens (tertiary/aromatic N) is 6. The Balaban J connectivity index is 1.44. The third-order valence-corrected chi connectivity index (χ3v) is 8.14.